The number of rotatable bonds is 3. The molecule has 0 saturated carbocycles. The first kappa shape index (κ1) is 14.8. The summed E-state index contributed by atoms with van der Waals surface area (Å²) >= 11 is 13.8. The van der Waals surface area contributed by atoms with Crippen LogP contribution in [-0.2, 0) is 5.88 Å². The van der Waals surface area contributed by atoms with Crippen LogP contribution >= 0.6 is 34.5 Å². The van der Waals surface area contributed by atoms with Gasteiger partial charge in [0.1, 0.15) is 11.3 Å². The summed E-state index contributed by atoms with van der Waals surface area (Å²) in [5.74, 6) is 1.12. The van der Waals surface area contributed by atoms with Crippen molar-refractivity contribution in [3.05, 3.63) is 38.7 Å². The maximum Gasteiger partial charge on any atom is 0.160 e. The molecular formula is C14H14Cl2N4S. The summed E-state index contributed by atoms with van der Waals surface area (Å²) in [4.78, 5) is 14.7. The SMILES string of the molecule is Cc1nc(C)c(C(C)n2c(CCl)nc3cc(Cl)cnc32)s1. The number of pyridine rings is 1. The van der Waals surface area contributed by atoms with Crippen LogP contribution < -0.4 is 0 Å². The number of nitrogens with zero attached hydrogens (tertiary/aromatic N) is 4. The van der Waals surface area contributed by atoms with Crippen molar-refractivity contribution in [3.63, 3.8) is 0 Å². The molecule has 0 radical (unpaired) electrons. The monoisotopic (exact) mass is 340 g/mol. The molecule has 1 atom stereocenters. The van der Waals surface area contributed by atoms with Crippen LogP contribution in [0.5, 0.6) is 0 Å². The molecule has 0 aromatic carbocycles. The van der Waals surface area contributed by atoms with Crippen LogP contribution in [0.1, 0.15) is 34.4 Å². The van der Waals surface area contributed by atoms with Crippen molar-refractivity contribution in [2.45, 2.75) is 32.7 Å². The minimum atomic E-state index is 0.0867. The molecule has 0 fully saturated rings. The van der Waals surface area contributed by atoms with Gasteiger partial charge >= 0.3 is 0 Å². The molecule has 21 heavy (non-hydrogen) atoms. The number of alkyl halides is 1. The fourth-order valence-electron chi connectivity index (χ4n) is 2.56. The minimum absolute atomic E-state index is 0.0867. The summed E-state index contributed by atoms with van der Waals surface area (Å²) in [6, 6.07) is 1.90. The third-order valence-corrected chi connectivity index (χ3v) is 5.08. The van der Waals surface area contributed by atoms with Gasteiger partial charge in [-0.05, 0) is 26.8 Å². The molecule has 1 unspecified atom stereocenters. The van der Waals surface area contributed by atoms with Crippen LogP contribution in [0, 0.1) is 13.8 Å². The summed E-state index contributed by atoms with van der Waals surface area (Å²) < 4.78 is 2.07. The molecule has 3 rings (SSSR count). The number of aryl methyl sites for hydroxylation is 2. The third kappa shape index (κ3) is 2.54. The lowest BCUT2D eigenvalue weighted by atomic mass is 10.2. The molecule has 110 valence electrons. The highest BCUT2D eigenvalue weighted by molar-refractivity contribution is 7.11. The number of hydrogen-bond acceptors (Lipinski definition) is 4. The summed E-state index contributed by atoms with van der Waals surface area (Å²) in [7, 11) is 0. The number of fused-ring (bicyclic) bond motifs is 1. The van der Waals surface area contributed by atoms with Gasteiger partial charge in [0.2, 0.25) is 0 Å². The zero-order valence-corrected chi connectivity index (χ0v) is 14.2. The summed E-state index contributed by atoms with van der Waals surface area (Å²) in [5, 5.41) is 1.63. The molecule has 0 N–H and O–H groups in total. The average Bonchev–Trinajstić information content (AvgIpc) is 2.97. The van der Waals surface area contributed by atoms with E-state index in [9.17, 15) is 0 Å². The van der Waals surface area contributed by atoms with E-state index >= 15 is 0 Å². The predicted octanol–water partition coefficient (Wildman–Crippen LogP) is 4.51. The van der Waals surface area contributed by atoms with Gasteiger partial charge in [0.25, 0.3) is 0 Å². The van der Waals surface area contributed by atoms with E-state index in [1.54, 1.807) is 17.5 Å². The van der Waals surface area contributed by atoms with Gasteiger partial charge in [-0.2, -0.15) is 0 Å². The lowest BCUT2D eigenvalue weighted by molar-refractivity contribution is 0.634. The Morgan fingerprint density at radius 1 is 1.33 bits per heavy atom. The summed E-state index contributed by atoms with van der Waals surface area (Å²) in [6.07, 6.45) is 1.64. The molecule has 3 heterocycles. The largest absolute Gasteiger partial charge is 0.303 e. The van der Waals surface area contributed by atoms with Crippen LogP contribution in [-0.4, -0.2) is 19.5 Å². The summed E-state index contributed by atoms with van der Waals surface area (Å²) in [6.45, 7) is 6.16. The highest BCUT2D eigenvalue weighted by Crippen LogP contribution is 2.31. The Labute approximate surface area is 136 Å². The normalized spacial score (nSPS) is 13.0. The van der Waals surface area contributed by atoms with Crippen LogP contribution in [0.4, 0.5) is 0 Å². The Hall–Kier alpha value is -1.17. The van der Waals surface area contributed by atoms with Crippen molar-refractivity contribution < 1.29 is 0 Å². The second kappa shape index (κ2) is 5.55. The first-order valence-corrected chi connectivity index (χ1v) is 8.26. The minimum Gasteiger partial charge on any atom is -0.303 e. The smallest absolute Gasteiger partial charge is 0.160 e. The van der Waals surface area contributed by atoms with Crippen molar-refractivity contribution in [2.24, 2.45) is 0 Å². The van der Waals surface area contributed by atoms with Crippen molar-refractivity contribution in [1.29, 1.82) is 0 Å². The number of aromatic nitrogens is 4. The van der Waals surface area contributed by atoms with Crippen LogP contribution in [0.3, 0.4) is 0 Å². The molecule has 7 heteroatoms. The topological polar surface area (TPSA) is 43.6 Å². The van der Waals surface area contributed by atoms with Crippen LogP contribution in [0.25, 0.3) is 11.2 Å². The van der Waals surface area contributed by atoms with Crippen molar-refractivity contribution in [1.82, 2.24) is 19.5 Å². The molecule has 0 spiro atoms. The van der Waals surface area contributed by atoms with Gasteiger partial charge in [0.05, 0.1) is 32.5 Å². The van der Waals surface area contributed by atoms with Crippen molar-refractivity contribution in [3.8, 4) is 0 Å². The van der Waals surface area contributed by atoms with Gasteiger partial charge in [-0.3, -0.25) is 0 Å². The van der Waals surface area contributed by atoms with Crippen LogP contribution in [0.15, 0.2) is 12.3 Å². The maximum atomic E-state index is 6.06. The third-order valence-electron chi connectivity index (χ3n) is 3.40. The second-order valence-corrected chi connectivity index (χ2v) is 6.82. The summed E-state index contributed by atoms with van der Waals surface area (Å²) in [5.41, 5.74) is 2.61. The molecule has 0 bridgehead atoms. The number of thiazole rings is 1. The van der Waals surface area contributed by atoms with E-state index < -0.39 is 0 Å². The fraction of sp³-hybridized carbons (Fsp3) is 0.357. The van der Waals surface area contributed by atoms with Gasteiger partial charge in [-0.15, -0.1) is 22.9 Å². The number of halogens is 2. The average molecular weight is 341 g/mol. The fourth-order valence-corrected chi connectivity index (χ4v) is 3.87. The van der Waals surface area contributed by atoms with Gasteiger partial charge in [0.15, 0.2) is 5.65 Å². The second-order valence-electron chi connectivity index (χ2n) is 4.89. The number of imidazole rings is 1. The molecule has 0 amide bonds. The maximum absolute atomic E-state index is 6.06. The Bertz CT molecular complexity index is 809. The van der Waals surface area contributed by atoms with E-state index in [1.807, 2.05) is 19.9 Å². The number of hydrogen-bond donors (Lipinski definition) is 0. The molecule has 3 aromatic heterocycles. The van der Waals surface area contributed by atoms with E-state index in [1.165, 1.54) is 4.88 Å². The van der Waals surface area contributed by atoms with Crippen LogP contribution in [0.2, 0.25) is 5.02 Å². The molecule has 0 saturated heterocycles. The van der Waals surface area contributed by atoms with E-state index in [0.717, 1.165) is 27.7 Å². The lowest BCUT2D eigenvalue weighted by Gasteiger charge is -2.15. The lowest BCUT2D eigenvalue weighted by Crippen LogP contribution is -2.10. The van der Waals surface area contributed by atoms with Gasteiger partial charge < -0.3 is 4.57 Å². The van der Waals surface area contributed by atoms with E-state index in [4.69, 9.17) is 23.2 Å². The molecule has 4 nitrogen and oxygen atoms in total. The Morgan fingerprint density at radius 3 is 2.71 bits per heavy atom. The molecule has 0 aliphatic heterocycles. The van der Waals surface area contributed by atoms with Gasteiger partial charge in [0, 0.05) is 6.20 Å². The van der Waals surface area contributed by atoms with Crippen molar-refractivity contribution in [2.75, 3.05) is 0 Å². The molecule has 3 aromatic rings. The zero-order chi connectivity index (χ0) is 15.1. The Morgan fingerprint density at radius 2 is 2.10 bits per heavy atom. The van der Waals surface area contributed by atoms with Crippen molar-refractivity contribution >= 4 is 45.7 Å². The molecule has 0 aliphatic carbocycles. The predicted molar refractivity (Wildman–Crippen MR) is 87.5 cm³/mol. The molecular weight excluding hydrogens is 327 g/mol. The van der Waals surface area contributed by atoms with Gasteiger partial charge in [-0.25, -0.2) is 15.0 Å². The Kier molecular flexibility index (Phi) is 3.90. The standard InChI is InChI=1S/C14H14Cl2N4S/c1-7-13(21-9(3)18-7)8(2)20-12(5-15)19-11-4-10(16)6-17-14(11)20/h4,6,8H,5H2,1-3H3. The van der Waals surface area contributed by atoms with E-state index in [2.05, 4.69) is 26.4 Å². The van der Waals surface area contributed by atoms with Gasteiger partial charge in [-0.1, -0.05) is 11.6 Å². The quantitative estimate of drug-likeness (QED) is 0.659. The van der Waals surface area contributed by atoms with E-state index in [0.29, 0.717) is 10.9 Å². The first-order valence-electron chi connectivity index (χ1n) is 6.53. The Balaban J connectivity index is 2.20. The highest BCUT2D eigenvalue weighted by atomic mass is 35.5. The molecule has 0 aliphatic rings. The first-order chi connectivity index (χ1) is 10.0. The van der Waals surface area contributed by atoms with E-state index in [-0.39, 0.29) is 6.04 Å². The highest BCUT2D eigenvalue weighted by Gasteiger charge is 2.21. The zero-order valence-electron chi connectivity index (χ0n) is 11.9.